The molecule has 2 fully saturated rings. The highest BCUT2D eigenvalue weighted by atomic mass is 19.4. The van der Waals surface area contributed by atoms with Crippen molar-refractivity contribution < 1.29 is 27.9 Å². The number of alkyl halides is 3. The molecular weight excluding hydrogens is 337 g/mol. The summed E-state index contributed by atoms with van der Waals surface area (Å²) in [6, 6.07) is 4.25. The zero-order valence-corrected chi connectivity index (χ0v) is 13.5. The largest absolute Gasteiger partial charge is 0.416 e. The molecule has 5 nitrogen and oxygen atoms in total. The highest BCUT2D eigenvalue weighted by Gasteiger charge is 2.50. The number of aliphatic hydroxyl groups is 1. The van der Waals surface area contributed by atoms with Gasteiger partial charge < -0.3 is 15.3 Å². The Morgan fingerprint density at radius 1 is 1.36 bits per heavy atom. The summed E-state index contributed by atoms with van der Waals surface area (Å²) >= 11 is 0. The lowest BCUT2D eigenvalue weighted by Gasteiger charge is -2.46. The molecule has 0 aromatic heterocycles. The number of rotatable bonds is 1. The fourth-order valence-corrected chi connectivity index (χ4v) is 3.63. The Labute approximate surface area is 142 Å². The average molecular weight is 356 g/mol. The lowest BCUT2D eigenvalue weighted by Crippen LogP contribution is -2.62. The van der Waals surface area contributed by atoms with Gasteiger partial charge in [0.05, 0.1) is 17.1 Å². The van der Waals surface area contributed by atoms with Crippen LogP contribution < -0.4 is 5.32 Å². The molecule has 2 atom stereocenters. The van der Waals surface area contributed by atoms with Crippen molar-refractivity contribution in [1.29, 1.82) is 0 Å². The summed E-state index contributed by atoms with van der Waals surface area (Å²) in [7, 11) is 0. The summed E-state index contributed by atoms with van der Waals surface area (Å²) in [5.41, 5.74) is -2.04. The minimum Gasteiger partial charge on any atom is -0.392 e. The number of benzene rings is 1. The predicted molar refractivity (Wildman–Crippen MR) is 82.6 cm³/mol. The Bertz CT molecular complexity index is 692. The highest BCUT2D eigenvalue weighted by Crippen LogP contribution is 2.38. The fourth-order valence-electron chi connectivity index (χ4n) is 3.63. The van der Waals surface area contributed by atoms with Crippen LogP contribution in [0.15, 0.2) is 24.3 Å². The summed E-state index contributed by atoms with van der Waals surface area (Å²) in [6.07, 6.45) is -4.03. The molecule has 0 unspecified atom stereocenters. The van der Waals surface area contributed by atoms with Gasteiger partial charge in [0, 0.05) is 25.2 Å². The van der Waals surface area contributed by atoms with Crippen LogP contribution in [0.2, 0.25) is 0 Å². The van der Waals surface area contributed by atoms with Crippen LogP contribution in [0, 0.1) is 5.41 Å². The molecule has 1 aromatic rings. The van der Waals surface area contributed by atoms with E-state index in [0.717, 1.165) is 12.1 Å². The van der Waals surface area contributed by atoms with E-state index in [-0.39, 0.29) is 31.0 Å². The molecule has 2 aliphatic rings. The van der Waals surface area contributed by atoms with Crippen LogP contribution in [0.25, 0.3) is 0 Å². The molecule has 25 heavy (non-hydrogen) atoms. The standard InChI is InChI=1S/C17H19F3N2O3/c18-17(19,20)12-4-1-3-11(9-12)14(24)22-8-5-13(23)16(10-22)6-2-7-21-15(16)25/h1,3-4,9,13,23H,2,5-8,10H2,(H,21,25)/t13-,16+/m0/s1. The summed E-state index contributed by atoms with van der Waals surface area (Å²) in [5.74, 6) is -0.858. The van der Waals surface area contributed by atoms with Crippen LogP contribution in [-0.4, -0.2) is 47.6 Å². The second-order valence-corrected chi connectivity index (χ2v) is 6.63. The maximum Gasteiger partial charge on any atom is 0.416 e. The Morgan fingerprint density at radius 2 is 2.12 bits per heavy atom. The van der Waals surface area contributed by atoms with Crippen molar-refractivity contribution in [2.45, 2.75) is 31.5 Å². The second-order valence-electron chi connectivity index (χ2n) is 6.63. The van der Waals surface area contributed by atoms with Crippen LogP contribution in [-0.2, 0) is 11.0 Å². The highest BCUT2D eigenvalue weighted by molar-refractivity contribution is 5.95. The second kappa shape index (κ2) is 6.33. The first-order valence-electron chi connectivity index (χ1n) is 8.17. The normalized spacial score (nSPS) is 27.3. The molecule has 0 saturated carbocycles. The Morgan fingerprint density at radius 3 is 2.80 bits per heavy atom. The van der Waals surface area contributed by atoms with Gasteiger partial charge in [-0.15, -0.1) is 0 Å². The molecule has 136 valence electrons. The number of hydrogen-bond acceptors (Lipinski definition) is 3. The summed E-state index contributed by atoms with van der Waals surface area (Å²) in [5, 5.41) is 13.0. The number of aliphatic hydroxyl groups excluding tert-OH is 1. The van der Waals surface area contributed by atoms with E-state index in [1.54, 1.807) is 0 Å². The van der Waals surface area contributed by atoms with Crippen LogP contribution >= 0.6 is 0 Å². The smallest absolute Gasteiger partial charge is 0.392 e. The zero-order valence-electron chi connectivity index (χ0n) is 13.5. The maximum atomic E-state index is 12.9. The average Bonchev–Trinajstić information content (AvgIpc) is 2.58. The summed E-state index contributed by atoms with van der Waals surface area (Å²) in [4.78, 5) is 26.3. The topological polar surface area (TPSA) is 69.6 Å². The van der Waals surface area contributed by atoms with E-state index in [1.165, 1.54) is 17.0 Å². The van der Waals surface area contributed by atoms with Gasteiger partial charge >= 0.3 is 6.18 Å². The van der Waals surface area contributed by atoms with Crippen molar-refractivity contribution in [2.24, 2.45) is 5.41 Å². The first-order chi connectivity index (χ1) is 11.7. The maximum absolute atomic E-state index is 12.9. The van der Waals surface area contributed by atoms with Gasteiger partial charge in [0.15, 0.2) is 0 Å². The number of likely N-dealkylation sites (tertiary alicyclic amines) is 1. The minimum atomic E-state index is -4.53. The molecule has 0 bridgehead atoms. The van der Waals surface area contributed by atoms with E-state index >= 15 is 0 Å². The van der Waals surface area contributed by atoms with Gasteiger partial charge in [-0.25, -0.2) is 0 Å². The molecule has 2 aliphatic heterocycles. The number of hydrogen-bond donors (Lipinski definition) is 2. The van der Waals surface area contributed by atoms with Crippen molar-refractivity contribution in [3.63, 3.8) is 0 Å². The molecule has 3 rings (SSSR count). The quantitative estimate of drug-likeness (QED) is 0.806. The van der Waals surface area contributed by atoms with Crippen molar-refractivity contribution >= 4 is 11.8 Å². The summed E-state index contributed by atoms with van der Waals surface area (Å²) < 4.78 is 38.6. The minimum absolute atomic E-state index is 0.00901. The van der Waals surface area contributed by atoms with Crippen molar-refractivity contribution in [3.05, 3.63) is 35.4 Å². The van der Waals surface area contributed by atoms with Gasteiger partial charge in [-0.3, -0.25) is 9.59 Å². The van der Waals surface area contributed by atoms with Crippen LogP contribution in [0.3, 0.4) is 0 Å². The molecule has 1 spiro atoms. The van der Waals surface area contributed by atoms with E-state index in [0.29, 0.717) is 19.4 Å². The molecule has 1 aromatic carbocycles. The third-order valence-corrected chi connectivity index (χ3v) is 5.04. The van der Waals surface area contributed by atoms with Crippen molar-refractivity contribution in [3.8, 4) is 0 Å². The molecule has 0 aliphatic carbocycles. The molecule has 2 heterocycles. The Balaban J connectivity index is 1.84. The van der Waals surface area contributed by atoms with Gasteiger partial charge in [0.2, 0.25) is 5.91 Å². The fraction of sp³-hybridized carbons (Fsp3) is 0.529. The Kier molecular flexibility index (Phi) is 4.49. The SMILES string of the molecule is O=C(c1cccc(C(F)(F)F)c1)N1CC[C@H](O)[C@@]2(CCCNC2=O)C1. The third-order valence-electron chi connectivity index (χ3n) is 5.04. The van der Waals surface area contributed by atoms with Crippen LogP contribution in [0.5, 0.6) is 0 Å². The van der Waals surface area contributed by atoms with Gasteiger partial charge in [-0.1, -0.05) is 6.07 Å². The number of nitrogens with zero attached hydrogens (tertiary/aromatic N) is 1. The van der Waals surface area contributed by atoms with Crippen molar-refractivity contribution in [1.82, 2.24) is 10.2 Å². The molecule has 0 radical (unpaired) electrons. The third kappa shape index (κ3) is 3.22. The molecule has 2 amide bonds. The summed E-state index contributed by atoms with van der Waals surface area (Å²) in [6.45, 7) is 0.731. The first kappa shape index (κ1) is 17.7. The molecule has 2 N–H and O–H groups in total. The van der Waals surface area contributed by atoms with E-state index < -0.39 is 29.2 Å². The van der Waals surface area contributed by atoms with E-state index in [4.69, 9.17) is 0 Å². The predicted octanol–water partition coefficient (Wildman–Crippen LogP) is 1.81. The number of carbonyl (C=O) groups excluding carboxylic acids is 2. The zero-order chi connectivity index (χ0) is 18.2. The number of piperidine rings is 2. The molecule has 8 heteroatoms. The number of nitrogens with one attached hydrogen (secondary N) is 1. The molecule has 2 saturated heterocycles. The number of carbonyl (C=O) groups is 2. The first-order valence-corrected chi connectivity index (χ1v) is 8.17. The van der Waals surface area contributed by atoms with Gasteiger partial charge in [0.1, 0.15) is 0 Å². The lowest BCUT2D eigenvalue weighted by molar-refractivity contribution is -0.147. The van der Waals surface area contributed by atoms with Gasteiger partial charge in [-0.2, -0.15) is 13.2 Å². The van der Waals surface area contributed by atoms with E-state index in [2.05, 4.69) is 5.32 Å². The number of halogens is 3. The van der Waals surface area contributed by atoms with Crippen molar-refractivity contribution in [2.75, 3.05) is 19.6 Å². The van der Waals surface area contributed by atoms with E-state index in [9.17, 15) is 27.9 Å². The monoisotopic (exact) mass is 356 g/mol. The lowest BCUT2D eigenvalue weighted by atomic mass is 9.71. The van der Waals surface area contributed by atoms with Gasteiger partial charge in [-0.05, 0) is 37.5 Å². The van der Waals surface area contributed by atoms with E-state index in [1.807, 2.05) is 0 Å². The Hall–Kier alpha value is -2.09. The molecular formula is C17H19F3N2O3. The number of amides is 2. The van der Waals surface area contributed by atoms with Crippen LogP contribution in [0.1, 0.15) is 35.2 Å². The van der Waals surface area contributed by atoms with Crippen LogP contribution in [0.4, 0.5) is 13.2 Å². The van der Waals surface area contributed by atoms with Gasteiger partial charge in [0.25, 0.3) is 5.91 Å².